The van der Waals surface area contributed by atoms with E-state index in [2.05, 4.69) is 126 Å². The molecule has 0 spiro atoms. The number of nitrogens with zero attached hydrogens (tertiary/aromatic N) is 5. The summed E-state index contributed by atoms with van der Waals surface area (Å²) in [6.45, 7) is 7.06. The first-order chi connectivity index (χ1) is 18.2. The summed E-state index contributed by atoms with van der Waals surface area (Å²) < 4.78 is 2.76. The van der Waals surface area contributed by atoms with E-state index in [0.717, 1.165) is 29.6 Å². The largest absolute Gasteiger partial charge is 0.382 e. The molecule has 0 bridgehead atoms. The number of hydrogen-bond donors (Lipinski definition) is 0. The maximum Gasteiger partial charge on any atom is 0.247 e. The molecular formula is C30H33N5Si2. The molecule has 0 atom stereocenters. The first-order valence-corrected chi connectivity index (χ1v) is 17.6. The van der Waals surface area contributed by atoms with Gasteiger partial charge in [-0.25, -0.2) is 15.0 Å². The van der Waals surface area contributed by atoms with E-state index >= 15 is 0 Å². The summed E-state index contributed by atoms with van der Waals surface area (Å²) in [6.07, 6.45) is 5.26. The van der Waals surface area contributed by atoms with Crippen molar-refractivity contribution in [3.63, 3.8) is 0 Å². The van der Waals surface area contributed by atoms with Gasteiger partial charge in [-0.05, 0) is 33.7 Å². The maximum atomic E-state index is 5.14. The van der Waals surface area contributed by atoms with E-state index in [1.165, 1.54) is 15.6 Å². The van der Waals surface area contributed by atoms with Gasteiger partial charge in [-0.15, -0.1) is 0 Å². The Balaban J connectivity index is 1.97. The summed E-state index contributed by atoms with van der Waals surface area (Å²) in [5, 5.41) is 4.01. The molecule has 0 amide bonds. The fraction of sp³-hybridized carbons (Fsp3) is 0.200. The number of anilines is 1. The second-order valence-electron chi connectivity index (χ2n) is 9.36. The van der Waals surface area contributed by atoms with E-state index in [1.54, 1.807) is 12.4 Å². The molecule has 2 heterocycles. The molecule has 5 nitrogen and oxygen atoms in total. The van der Waals surface area contributed by atoms with E-state index in [-0.39, 0.29) is 0 Å². The Labute approximate surface area is 221 Å². The van der Waals surface area contributed by atoms with Gasteiger partial charge in [0.25, 0.3) is 0 Å². The van der Waals surface area contributed by atoms with Crippen LogP contribution < -0.4 is 19.8 Å². The van der Waals surface area contributed by atoms with Gasteiger partial charge in [-0.3, -0.25) is 0 Å². The van der Waals surface area contributed by atoms with Gasteiger partial charge in [0.2, 0.25) is 14.2 Å². The Bertz CT molecular complexity index is 1340. The van der Waals surface area contributed by atoms with E-state index in [4.69, 9.17) is 9.97 Å². The van der Waals surface area contributed by atoms with Gasteiger partial charge in [0.1, 0.15) is 5.52 Å². The fourth-order valence-electron chi connectivity index (χ4n) is 5.74. The van der Waals surface area contributed by atoms with Gasteiger partial charge in [0, 0.05) is 12.4 Å². The zero-order valence-corrected chi connectivity index (χ0v) is 23.7. The minimum atomic E-state index is -2.86. The van der Waals surface area contributed by atoms with E-state index in [0.29, 0.717) is 5.65 Å². The Morgan fingerprint density at radius 3 is 1.51 bits per heavy atom. The quantitative estimate of drug-likeness (QED) is 0.205. The van der Waals surface area contributed by atoms with Crippen LogP contribution in [0.15, 0.2) is 110 Å². The van der Waals surface area contributed by atoms with Gasteiger partial charge in [0.05, 0.1) is 6.20 Å². The Morgan fingerprint density at radius 1 is 0.595 bits per heavy atom. The molecule has 0 radical (unpaired) electrons. The van der Waals surface area contributed by atoms with E-state index in [1.807, 2.05) is 6.20 Å². The minimum absolute atomic E-state index is 0.640. The SMILES string of the molecule is CC[Si](CC)(CC)N(c1ncc2nccnc2n1)[Si](c1ccccc1)(c1ccccc1)c1ccccc1. The van der Waals surface area contributed by atoms with Crippen molar-refractivity contribution in [2.24, 2.45) is 0 Å². The summed E-state index contributed by atoms with van der Waals surface area (Å²) in [6, 6.07) is 36.5. The number of rotatable bonds is 9. The van der Waals surface area contributed by atoms with Crippen LogP contribution in [0.2, 0.25) is 18.1 Å². The van der Waals surface area contributed by atoms with Crippen molar-refractivity contribution in [2.45, 2.75) is 38.9 Å². The Kier molecular flexibility index (Phi) is 7.25. The number of hydrogen-bond acceptors (Lipinski definition) is 5. The summed E-state index contributed by atoms with van der Waals surface area (Å²) in [5.74, 6) is 0.772. The average Bonchev–Trinajstić information content (AvgIpc) is 2.99. The molecule has 0 unspecified atom stereocenters. The molecule has 186 valence electrons. The second-order valence-corrected chi connectivity index (χ2v) is 18.4. The normalized spacial score (nSPS) is 12.0. The second kappa shape index (κ2) is 10.7. The lowest BCUT2D eigenvalue weighted by molar-refractivity contribution is 1.06. The van der Waals surface area contributed by atoms with Crippen molar-refractivity contribution in [1.82, 2.24) is 19.9 Å². The molecule has 5 aromatic rings. The molecule has 0 saturated carbocycles. The Morgan fingerprint density at radius 2 is 1.05 bits per heavy atom. The average molecular weight is 520 g/mol. The van der Waals surface area contributed by atoms with Crippen LogP contribution in [0.5, 0.6) is 0 Å². The predicted octanol–water partition coefficient (Wildman–Crippen LogP) is 4.90. The molecule has 0 N–H and O–H groups in total. The van der Waals surface area contributed by atoms with Crippen molar-refractivity contribution in [3.8, 4) is 0 Å². The van der Waals surface area contributed by atoms with Gasteiger partial charge in [0.15, 0.2) is 13.9 Å². The van der Waals surface area contributed by atoms with Gasteiger partial charge >= 0.3 is 0 Å². The first kappa shape index (κ1) is 25.0. The lowest BCUT2D eigenvalue weighted by Gasteiger charge is -2.53. The highest BCUT2D eigenvalue weighted by Crippen LogP contribution is 2.34. The van der Waals surface area contributed by atoms with Crippen LogP contribution >= 0.6 is 0 Å². The lowest BCUT2D eigenvalue weighted by Crippen LogP contribution is -2.83. The standard InChI is InChI=1S/C30H33N5Si2/c1-4-36(5-2,6-3)35(30-33-24-28-29(34-30)32-23-22-31-28)37(25-16-10-7-11-17-25,26-18-12-8-13-19-26)27-20-14-9-15-21-27/h7-24H,4-6H2,1-3H3. The van der Waals surface area contributed by atoms with Crippen LogP contribution in [0.4, 0.5) is 5.95 Å². The predicted molar refractivity (Wildman–Crippen MR) is 159 cm³/mol. The van der Waals surface area contributed by atoms with Crippen LogP contribution in [0.25, 0.3) is 11.2 Å². The van der Waals surface area contributed by atoms with Crippen LogP contribution in [0, 0.1) is 0 Å². The third-order valence-electron chi connectivity index (χ3n) is 7.77. The zero-order valence-electron chi connectivity index (χ0n) is 21.7. The summed E-state index contributed by atoms with van der Waals surface area (Å²) in [7, 11) is -4.99. The van der Waals surface area contributed by atoms with E-state index < -0.39 is 16.5 Å². The third-order valence-corrected chi connectivity index (χ3v) is 19.7. The monoisotopic (exact) mass is 519 g/mol. The number of benzene rings is 3. The number of fused-ring (bicyclic) bond motifs is 1. The highest BCUT2D eigenvalue weighted by Gasteiger charge is 2.54. The summed E-state index contributed by atoms with van der Waals surface area (Å²) in [4.78, 5) is 19.2. The highest BCUT2D eigenvalue weighted by atomic mass is 28.4. The molecule has 7 heteroatoms. The zero-order chi connectivity index (χ0) is 25.7. The molecule has 2 aromatic heterocycles. The Hall–Kier alpha value is -3.69. The van der Waals surface area contributed by atoms with Gasteiger partial charge < -0.3 is 4.23 Å². The molecule has 5 rings (SSSR count). The lowest BCUT2D eigenvalue weighted by atomic mass is 10.3. The molecule has 0 aliphatic carbocycles. The smallest absolute Gasteiger partial charge is 0.247 e. The molecular weight excluding hydrogens is 487 g/mol. The summed E-state index contributed by atoms with van der Waals surface area (Å²) >= 11 is 0. The van der Waals surface area contributed by atoms with E-state index in [9.17, 15) is 0 Å². The molecule has 37 heavy (non-hydrogen) atoms. The topological polar surface area (TPSA) is 54.8 Å². The van der Waals surface area contributed by atoms with Crippen LogP contribution in [-0.4, -0.2) is 36.4 Å². The van der Waals surface area contributed by atoms with Crippen molar-refractivity contribution >= 4 is 49.1 Å². The molecule has 0 aliphatic heterocycles. The van der Waals surface area contributed by atoms with Crippen LogP contribution in [0.1, 0.15) is 20.8 Å². The van der Waals surface area contributed by atoms with Crippen molar-refractivity contribution in [2.75, 3.05) is 4.23 Å². The maximum absolute atomic E-state index is 5.14. The molecule has 0 fully saturated rings. The van der Waals surface area contributed by atoms with Crippen molar-refractivity contribution in [1.29, 1.82) is 0 Å². The third kappa shape index (κ3) is 4.28. The number of aromatic nitrogens is 4. The van der Waals surface area contributed by atoms with Crippen LogP contribution in [-0.2, 0) is 0 Å². The fourth-order valence-corrected chi connectivity index (χ4v) is 18.4. The van der Waals surface area contributed by atoms with Crippen molar-refractivity contribution < 1.29 is 0 Å². The van der Waals surface area contributed by atoms with Gasteiger partial charge in [-0.2, -0.15) is 4.98 Å². The van der Waals surface area contributed by atoms with Crippen molar-refractivity contribution in [3.05, 3.63) is 110 Å². The first-order valence-electron chi connectivity index (χ1n) is 13.1. The van der Waals surface area contributed by atoms with Gasteiger partial charge in [-0.1, -0.05) is 112 Å². The molecule has 3 aromatic carbocycles. The minimum Gasteiger partial charge on any atom is -0.382 e. The van der Waals surface area contributed by atoms with Crippen LogP contribution in [0.3, 0.4) is 0 Å². The molecule has 0 saturated heterocycles. The molecule has 0 aliphatic rings. The highest BCUT2D eigenvalue weighted by molar-refractivity contribution is 7.21. The summed E-state index contributed by atoms with van der Waals surface area (Å²) in [5.41, 5.74) is 1.36.